The van der Waals surface area contributed by atoms with Crippen LogP contribution in [0.3, 0.4) is 0 Å². The lowest BCUT2D eigenvalue weighted by Crippen LogP contribution is -2.28. The van der Waals surface area contributed by atoms with E-state index in [1.54, 1.807) is 37.4 Å². The predicted octanol–water partition coefficient (Wildman–Crippen LogP) is 3.27. The van der Waals surface area contributed by atoms with Gasteiger partial charge in [-0.15, -0.1) is 0 Å². The Kier molecular flexibility index (Phi) is 5.94. The summed E-state index contributed by atoms with van der Waals surface area (Å²) in [5.74, 6) is 1.27. The van der Waals surface area contributed by atoms with Crippen LogP contribution in [0.5, 0.6) is 11.5 Å². The first kappa shape index (κ1) is 18.3. The van der Waals surface area contributed by atoms with Gasteiger partial charge in [0, 0.05) is 12.7 Å². The average molecular weight is 366 g/mol. The van der Waals surface area contributed by atoms with Crippen molar-refractivity contribution in [2.45, 2.75) is 13.1 Å². The molecule has 1 heterocycles. The van der Waals surface area contributed by atoms with E-state index in [0.29, 0.717) is 30.3 Å². The Morgan fingerprint density at radius 1 is 1.04 bits per heavy atom. The molecule has 0 atom stereocenters. The van der Waals surface area contributed by atoms with Gasteiger partial charge in [-0.3, -0.25) is 4.68 Å². The third kappa shape index (κ3) is 5.01. The summed E-state index contributed by atoms with van der Waals surface area (Å²) in [5, 5.41) is 9.86. The number of methoxy groups -OCH3 is 2. The number of urea groups is 1. The van der Waals surface area contributed by atoms with Crippen molar-refractivity contribution >= 4 is 11.7 Å². The number of carbonyl (C=O) groups excluding carboxylic acids is 1. The minimum Gasteiger partial charge on any atom is -0.493 e. The second-order valence-electron chi connectivity index (χ2n) is 5.91. The minimum absolute atomic E-state index is 0.302. The van der Waals surface area contributed by atoms with Crippen molar-refractivity contribution in [3.63, 3.8) is 0 Å². The summed E-state index contributed by atoms with van der Waals surface area (Å²) in [5.41, 5.74) is 2.68. The zero-order valence-electron chi connectivity index (χ0n) is 15.3. The third-order valence-corrected chi connectivity index (χ3v) is 3.98. The number of aromatic nitrogens is 2. The molecule has 2 amide bonds. The summed E-state index contributed by atoms with van der Waals surface area (Å²) in [6.45, 7) is 1.01. The Morgan fingerprint density at radius 2 is 1.81 bits per heavy atom. The quantitative estimate of drug-likeness (QED) is 0.673. The van der Waals surface area contributed by atoms with Crippen LogP contribution >= 0.6 is 0 Å². The molecule has 0 aliphatic carbocycles. The van der Waals surface area contributed by atoms with Crippen LogP contribution < -0.4 is 20.1 Å². The molecule has 7 heteroatoms. The van der Waals surface area contributed by atoms with Gasteiger partial charge in [0.05, 0.1) is 32.6 Å². The maximum atomic E-state index is 12.1. The molecule has 0 saturated carbocycles. The highest BCUT2D eigenvalue weighted by atomic mass is 16.5. The molecule has 1 aromatic heterocycles. The van der Waals surface area contributed by atoms with Crippen molar-refractivity contribution in [2.75, 3.05) is 19.5 Å². The van der Waals surface area contributed by atoms with Gasteiger partial charge in [-0.2, -0.15) is 5.10 Å². The summed E-state index contributed by atoms with van der Waals surface area (Å²) in [6, 6.07) is 15.2. The second-order valence-corrected chi connectivity index (χ2v) is 5.91. The molecule has 140 valence electrons. The summed E-state index contributed by atoms with van der Waals surface area (Å²) < 4.78 is 12.3. The molecule has 2 N–H and O–H groups in total. The van der Waals surface area contributed by atoms with Crippen molar-refractivity contribution < 1.29 is 14.3 Å². The normalized spacial score (nSPS) is 10.3. The molecule has 0 fully saturated rings. The van der Waals surface area contributed by atoms with E-state index in [9.17, 15) is 4.79 Å². The van der Waals surface area contributed by atoms with Crippen molar-refractivity contribution in [3.8, 4) is 11.5 Å². The van der Waals surface area contributed by atoms with E-state index in [0.717, 1.165) is 11.1 Å². The lowest BCUT2D eigenvalue weighted by molar-refractivity contribution is 0.251. The van der Waals surface area contributed by atoms with Crippen LogP contribution in [0.4, 0.5) is 10.5 Å². The number of nitrogens with one attached hydrogen (secondary N) is 2. The van der Waals surface area contributed by atoms with E-state index in [2.05, 4.69) is 15.7 Å². The summed E-state index contributed by atoms with van der Waals surface area (Å²) >= 11 is 0. The van der Waals surface area contributed by atoms with Crippen LogP contribution in [0.25, 0.3) is 0 Å². The highest BCUT2D eigenvalue weighted by Crippen LogP contribution is 2.27. The highest BCUT2D eigenvalue weighted by Gasteiger charge is 2.07. The fraction of sp³-hybridized carbons (Fsp3) is 0.200. The molecule has 0 spiro atoms. The molecule has 27 heavy (non-hydrogen) atoms. The van der Waals surface area contributed by atoms with E-state index in [1.165, 1.54) is 0 Å². The Hall–Kier alpha value is -3.48. The summed E-state index contributed by atoms with van der Waals surface area (Å²) in [6.07, 6.45) is 3.42. The molecule has 2 aromatic carbocycles. The Bertz CT molecular complexity index is 893. The number of amides is 2. The zero-order chi connectivity index (χ0) is 19.1. The van der Waals surface area contributed by atoms with Gasteiger partial charge >= 0.3 is 6.03 Å². The monoisotopic (exact) mass is 366 g/mol. The predicted molar refractivity (Wildman–Crippen MR) is 103 cm³/mol. The van der Waals surface area contributed by atoms with Gasteiger partial charge in [-0.1, -0.05) is 36.4 Å². The van der Waals surface area contributed by atoms with Gasteiger partial charge in [0.2, 0.25) is 0 Å². The van der Waals surface area contributed by atoms with E-state index in [4.69, 9.17) is 9.47 Å². The number of rotatable bonds is 7. The smallest absolute Gasteiger partial charge is 0.319 e. The van der Waals surface area contributed by atoms with Gasteiger partial charge in [0.15, 0.2) is 11.5 Å². The molecule has 7 nitrogen and oxygen atoms in total. The second kappa shape index (κ2) is 8.75. The van der Waals surface area contributed by atoms with Crippen LogP contribution in [0.2, 0.25) is 0 Å². The Labute approximate surface area is 157 Å². The molecule has 0 unspecified atom stereocenters. The fourth-order valence-corrected chi connectivity index (χ4v) is 2.63. The highest BCUT2D eigenvalue weighted by molar-refractivity contribution is 5.88. The van der Waals surface area contributed by atoms with Crippen molar-refractivity contribution in [1.82, 2.24) is 15.1 Å². The van der Waals surface area contributed by atoms with Gasteiger partial charge < -0.3 is 20.1 Å². The van der Waals surface area contributed by atoms with Gasteiger partial charge in [0.1, 0.15) is 0 Å². The fourth-order valence-electron chi connectivity index (χ4n) is 2.63. The zero-order valence-corrected chi connectivity index (χ0v) is 15.3. The first-order valence-corrected chi connectivity index (χ1v) is 8.50. The lowest BCUT2D eigenvalue weighted by Gasteiger charge is -2.10. The molecule has 0 saturated heterocycles. The van der Waals surface area contributed by atoms with Crippen LogP contribution in [-0.4, -0.2) is 30.0 Å². The van der Waals surface area contributed by atoms with E-state index >= 15 is 0 Å². The van der Waals surface area contributed by atoms with Gasteiger partial charge in [-0.25, -0.2) is 4.79 Å². The molecule has 0 radical (unpaired) electrons. The van der Waals surface area contributed by atoms with Gasteiger partial charge in [0.25, 0.3) is 0 Å². The SMILES string of the molecule is COc1ccc(CNC(=O)Nc2cnn(Cc3ccccc3)c2)cc1OC. The van der Waals surface area contributed by atoms with Crippen molar-refractivity contribution in [1.29, 1.82) is 0 Å². The largest absolute Gasteiger partial charge is 0.493 e. The standard InChI is InChI=1S/C20H22N4O3/c1-26-18-9-8-16(10-19(18)27-2)11-21-20(25)23-17-12-22-24(14-17)13-15-6-4-3-5-7-15/h3-10,12,14H,11,13H2,1-2H3,(H2,21,23,25). The van der Waals surface area contributed by atoms with Crippen LogP contribution in [0.1, 0.15) is 11.1 Å². The molecule has 0 aliphatic rings. The number of nitrogens with zero attached hydrogens (tertiary/aromatic N) is 2. The minimum atomic E-state index is -0.302. The Balaban J connectivity index is 1.52. The first-order valence-electron chi connectivity index (χ1n) is 8.50. The van der Waals surface area contributed by atoms with Crippen LogP contribution in [0, 0.1) is 0 Å². The number of carbonyl (C=O) groups is 1. The number of hydrogen-bond donors (Lipinski definition) is 2. The summed E-state index contributed by atoms with van der Waals surface area (Å²) in [4.78, 5) is 12.1. The molecular weight excluding hydrogens is 344 g/mol. The van der Waals surface area contributed by atoms with Crippen molar-refractivity contribution in [3.05, 3.63) is 72.1 Å². The lowest BCUT2D eigenvalue weighted by atomic mass is 10.2. The molecule has 3 rings (SSSR count). The number of benzene rings is 2. The van der Waals surface area contributed by atoms with E-state index < -0.39 is 0 Å². The van der Waals surface area contributed by atoms with Crippen LogP contribution in [-0.2, 0) is 13.1 Å². The van der Waals surface area contributed by atoms with Crippen LogP contribution in [0.15, 0.2) is 60.9 Å². The maximum Gasteiger partial charge on any atom is 0.319 e. The Morgan fingerprint density at radius 3 is 2.56 bits per heavy atom. The maximum absolute atomic E-state index is 12.1. The average Bonchev–Trinajstić information content (AvgIpc) is 3.13. The van der Waals surface area contributed by atoms with Gasteiger partial charge in [-0.05, 0) is 23.3 Å². The molecule has 0 bridgehead atoms. The topological polar surface area (TPSA) is 77.4 Å². The van der Waals surface area contributed by atoms with Crippen molar-refractivity contribution in [2.24, 2.45) is 0 Å². The molecule has 3 aromatic rings. The number of hydrogen-bond acceptors (Lipinski definition) is 4. The number of anilines is 1. The van der Waals surface area contributed by atoms with E-state index in [-0.39, 0.29) is 6.03 Å². The van der Waals surface area contributed by atoms with E-state index in [1.807, 2.05) is 42.5 Å². The summed E-state index contributed by atoms with van der Waals surface area (Å²) in [7, 11) is 3.16. The third-order valence-electron chi connectivity index (χ3n) is 3.98. The molecular formula is C20H22N4O3. The number of ether oxygens (including phenoxy) is 2. The molecule has 0 aliphatic heterocycles. The first-order chi connectivity index (χ1) is 13.2.